The summed E-state index contributed by atoms with van der Waals surface area (Å²) in [6.07, 6.45) is 2.94. The molecule has 0 bridgehead atoms. The number of nitro benzene ring substituents is 1. The largest absolute Gasteiger partial charge is 0.365 e. The molecule has 1 saturated carbocycles. The molecular weight excluding hydrogens is 392 g/mol. The molecule has 1 saturated heterocycles. The number of hydrogen-bond donors (Lipinski definition) is 1. The van der Waals surface area contributed by atoms with Crippen molar-refractivity contribution >= 4 is 17.3 Å². The Kier molecular flexibility index (Phi) is 5.36. The van der Waals surface area contributed by atoms with Gasteiger partial charge in [-0.05, 0) is 42.4 Å². The summed E-state index contributed by atoms with van der Waals surface area (Å²) in [7, 11) is 0. The van der Waals surface area contributed by atoms with Crippen molar-refractivity contribution in [3.63, 3.8) is 0 Å². The Morgan fingerprint density at radius 2 is 1.94 bits per heavy atom. The number of non-ortho nitro benzene ring substituents is 1. The van der Waals surface area contributed by atoms with Crippen LogP contribution in [0.1, 0.15) is 24.0 Å². The molecule has 0 aromatic heterocycles. The average molecular weight is 421 g/mol. The second-order valence-electron chi connectivity index (χ2n) is 9.05. The number of hydrogen-bond acceptors (Lipinski definition) is 5. The fourth-order valence-electron chi connectivity index (χ4n) is 4.97. The molecule has 3 aliphatic rings. The van der Waals surface area contributed by atoms with Gasteiger partial charge in [-0.25, -0.2) is 0 Å². The van der Waals surface area contributed by atoms with Crippen molar-refractivity contribution in [2.24, 2.45) is 11.8 Å². The zero-order chi connectivity index (χ0) is 21.4. The number of benzene rings is 2. The summed E-state index contributed by atoms with van der Waals surface area (Å²) < 4.78 is 0. The quantitative estimate of drug-likeness (QED) is 0.574. The molecule has 2 aromatic carbocycles. The fourth-order valence-corrected chi connectivity index (χ4v) is 4.97. The standard InChI is InChI=1S/C24H28N4O3/c29-24(25-14-17-6-7-17)21-13-19-12-20(28(30)31)8-9-22(19)27-11-10-26(16-23(21)27)15-18-4-2-1-3-5-18/h1-5,8-9,12,17,21,23H,6-7,10-11,13-16H2,(H,25,29)/t21-,23-/m1/s1. The molecule has 0 radical (unpaired) electrons. The Morgan fingerprint density at radius 3 is 2.68 bits per heavy atom. The summed E-state index contributed by atoms with van der Waals surface area (Å²) in [6, 6.07) is 15.6. The summed E-state index contributed by atoms with van der Waals surface area (Å²) >= 11 is 0. The van der Waals surface area contributed by atoms with E-state index in [4.69, 9.17) is 0 Å². The van der Waals surface area contributed by atoms with Crippen molar-refractivity contribution in [1.82, 2.24) is 10.2 Å². The minimum atomic E-state index is -0.355. The summed E-state index contributed by atoms with van der Waals surface area (Å²) in [6.45, 7) is 4.14. The number of piperazine rings is 1. The molecule has 5 rings (SSSR count). The van der Waals surface area contributed by atoms with E-state index in [9.17, 15) is 14.9 Å². The Hall–Kier alpha value is -2.93. The monoisotopic (exact) mass is 420 g/mol. The number of carbonyl (C=O) groups excluding carboxylic acids is 1. The van der Waals surface area contributed by atoms with Crippen molar-refractivity contribution < 1.29 is 9.72 Å². The number of amides is 1. The molecule has 0 spiro atoms. The zero-order valence-electron chi connectivity index (χ0n) is 17.6. The molecule has 7 nitrogen and oxygen atoms in total. The number of carbonyl (C=O) groups is 1. The van der Waals surface area contributed by atoms with Crippen LogP contribution in [0.4, 0.5) is 11.4 Å². The summed E-state index contributed by atoms with van der Waals surface area (Å²) in [5.74, 6) is 0.505. The number of nitrogens with zero attached hydrogens (tertiary/aromatic N) is 3. The summed E-state index contributed by atoms with van der Waals surface area (Å²) in [5.41, 5.74) is 3.32. The SMILES string of the molecule is O=C(NCC1CC1)[C@@H]1Cc2cc([N+](=O)[O-])ccc2N2CCN(Cc3ccccc3)C[C@H]12. The zero-order valence-corrected chi connectivity index (χ0v) is 17.6. The van der Waals surface area contributed by atoms with Crippen LogP contribution >= 0.6 is 0 Å². The third kappa shape index (κ3) is 4.28. The predicted molar refractivity (Wildman–Crippen MR) is 119 cm³/mol. The van der Waals surface area contributed by atoms with E-state index in [1.165, 1.54) is 18.4 Å². The minimum Gasteiger partial charge on any atom is -0.365 e. The molecule has 1 N–H and O–H groups in total. The molecule has 162 valence electrons. The highest BCUT2D eigenvalue weighted by atomic mass is 16.6. The highest BCUT2D eigenvalue weighted by molar-refractivity contribution is 5.82. The van der Waals surface area contributed by atoms with Crippen LogP contribution in [0.2, 0.25) is 0 Å². The molecule has 2 aliphatic heterocycles. The maximum Gasteiger partial charge on any atom is 0.269 e. The third-order valence-electron chi connectivity index (χ3n) is 6.84. The van der Waals surface area contributed by atoms with Crippen LogP contribution in [0.3, 0.4) is 0 Å². The van der Waals surface area contributed by atoms with Crippen molar-refractivity contribution in [3.05, 3.63) is 69.8 Å². The van der Waals surface area contributed by atoms with E-state index in [1.54, 1.807) is 12.1 Å². The third-order valence-corrected chi connectivity index (χ3v) is 6.84. The number of nitrogens with one attached hydrogen (secondary N) is 1. The van der Waals surface area contributed by atoms with Gasteiger partial charge in [-0.15, -0.1) is 0 Å². The van der Waals surface area contributed by atoms with Crippen LogP contribution in [-0.2, 0) is 17.8 Å². The summed E-state index contributed by atoms with van der Waals surface area (Å²) in [4.78, 5) is 28.9. The first-order chi connectivity index (χ1) is 15.1. The molecule has 2 fully saturated rings. The van der Waals surface area contributed by atoms with Gasteiger partial charge in [0.1, 0.15) is 0 Å². The first-order valence-electron chi connectivity index (χ1n) is 11.2. The van der Waals surface area contributed by atoms with Crippen LogP contribution < -0.4 is 10.2 Å². The first-order valence-corrected chi connectivity index (χ1v) is 11.2. The van der Waals surface area contributed by atoms with E-state index >= 15 is 0 Å². The van der Waals surface area contributed by atoms with E-state index in [1.807, 2.05) is 12.1 Å². The van der Waals surface area contributed by atoms with Crippen LogP contribution in [0.15, 0.2) is 48.5 Å². The minimum absolute atomic E-state index is 0.0746. The molecule has 1 amide bonds. The molecule has 1 aliphatic carbocycles. The molecule has 7 heteroatoms. The Bertz CT molecular complexity index is 976. The molecule has 31 heavy (non-hydrogen) atoms. The van der Waals surface area contributed by atoms with Gasteiger partial charge < -0.3 is 10.2 Å². The second-order valence-corrected chi connectivity index (χ2v) is 9.05. The lowest BCUT2D eigenvalue weighted by atomic mass is 9.83. The van der Waals surface area contributed by atoms with E-state index in [0.29, 0.717) is 12.3 Å². The second kappa shape index (κ2) is 8.30. The van der Waals surface area contributed by atoms with Crippen LogP contribution in [0.25, 0.3) is 0 Å². The Morgan fingerprint density at radius 1 is 1.13 bits per heavy atom. The lowest BCUT2D eigenvalue weighted by Crippen LogP contribution is -2.61. The van der Waals surface area contributed by atoms with E-state index in [0.717, 1.165) is 44.0 Å². The Labute approximate surface area is 182 Å². The van der Waals surface area contributed by atoms with Crippen molar-refractivity contribution in [2.75, 3.05) is 31.1 Å². The maximum atomic E-state index is 13.2. The van der Waals surface area contributed by atoms with Gasteiger partial charge in [0.15, 0.2) is 0 Å². The lowest BCUT2D eigenvalue weighted by molar-refractivity contribution is -0.384. The van der Waals surface area contributed by atoms with Crippen molar-refractivity contribution in [3.8, 4) is 0 Å². The number of rotatable bonds is 6. The summed E-state index contributed by atoms with van der Waals surface area (Å²) in [5, 5.41) is 14.5. The van der Waals surface area contributed by atoms with Gasteiger partial charge >= 0.3 is 0 Å². The predicted octanol–water partition coefficient (Wildman–Crippen LogP) is 2.98. The van der Waals surface area contributed by atoms with Crippen molar-refractivity contribution in [1.29, 1.82) is 0 Å². The molecule has 2 atom stereocenters. The van der Waals surface area contributed by atoms with Gasteiger partial charge in [0.25, 0.3) is 5.69 Å². The highest BCUT2D eigenvalue weighted by Crippen LogP contribution is 2.38. The van der Waals surface area contributed by atoms with Gasteiger partial charge in [0.05, 0.1) is 16.9 Å². The smallest absolute Gasteiger partial charge is 0.269 e. The first kappa shape index (κ1) is 20.0. The van der Waals surface area contributed by atoms with Crippen LogP contribution in [0.5, 0.6) is 0 Å². The molecule has 2 aromatic rings. The normalized spacial score (nSPS) is 23.0. The lowest BCUT2D eigenvalue weighted by Gasteiger charge is -2.49. The van der Waals surface area contributed by atoms with Crippen LogP contribution in [0, 0.1) is 22.0 Å². The van der Waals surface area contributed by atoms with Gasteiger partial charge in [-0.3, -0.25) is 19.8 Å². The van der Waals surface area contributed by atoms with E-state index in [2.05, 4.69) is 39.4 Å². The van der Waals surface area contributed by atoms with Gasteiger partial charge in [0.2, 0.25) is 5.91 Å². The molecule has 2 heterocycles. The fraction of sp³-hybridized carbons (Fsp3) is 0.458. The average Bonchev–Trinajstić information content (AvgIpc) is 3.61. The highest BCUT2D eigenvalue weighted by Gasteiger charge is 2.42. The molecule has 0 unspecified atom stereocenters. The number of nitro groups is 1. The van der Waals surface area contributed by atoms with Crippen molar-refractivity contribution in [2.45, 2.75) is 31.8 Å². The topological polar surface area (TPSA) is 78.7 Å². The van der Waals surface area contributed by atoms with Gasteiger partial charge in [-0.1, -0.05) is 30.3 Å². The van der Waals surface area contributed by atoms with E-state index in [-0.39, 0.29) is 28.5 Å². The molecular formula is C24H28N4O3. The van der Waals surface area contributed by atoms with Gasteiger partial charge in [-0.2, -0.15) is 0 Å². The number of fused-ring (bicyclic) bond motifs is 3. The number of anilines is 1. The van der Waals surface area contributed by atoms with Gasteiger partial charge in [0, 0.05) is 50.5 Å². The Balaban J connectivity index is 1.40. The van der Waals surface area contributed by atoms with E-state index < -0.39 is 0 Å². The van der Waals surface area contributed by atoms with Crippen LogP contribution in [-0.4, -0.2) is 48.0 Å². The maximum absolute atomic E-state index is 13.2.